The highest BCUT2D eigenvalue weighted by Gasteiger charge is 2.43. The molecular weight excluding hydrogens is 211 g/mol. The summed E-state index contributed by atoms with van der Waals surface area (Å²) in [5, 5.41) is -1.49. The molecule has 0 rings (SSSR count). The van der Waals surface area contributed by atoms with Gasteiger partial charge in [-0.05, 0) is 12.8 Å². The molecule has 0 radical (unpaired) electrons. The van der Waals surface area contributed by atoms with Crippen LogP contribution in [0, 0.1) is 5.92 Å². The Morgan fingerprint density at radius 3 is 1.71 bits per heavy atom. The summed E-state index contributed by atoms with van der Waals surface area (Å²) in [4.78, 5) is 0. The van der Waals surface area contributed by atoms with Gasteiger partial charge < -0.3 is 5.73 Å². The van der Waals surface area contributed by atoms with Gasteiger partial charge in [-0.2, -0.15) is 13.2 Å². The molecule has 0 heterocycles. The number of rotatable bonds is 4. The van der Waals surface area contributed by atoms with Crippen molar-refractivity contribution in [2.45, 2.75) is 50.4 Å². The van der Waals surface area contributed by atoms with E-state index in [4.69, 9.17) is 5.73 Å². The van der Waals surface area contributed by atoms with Crippen LogP contribution in [-0.4, -0.2) is 22.7 Å². The summed E-state index contributed by atoms with van der Waals surface area (Å²) in [6.45, 7) is 7.02. The molecule has 0 amide bonds. The Balaban J connectivity index is 4.40. The van der Waals surface area contributed by atoms with E-state index >= 15 is 0 Å². The van der Waals surface area contributed by atoms with Crippen molar-refractivity contribution in [2.24, 2.45) is 11.7 Å². The Labute approximate surface area is 87.6 Å². The van der Waals surface area contributed by atoms with Crippen molar-refractivity contribution in [3.8, 4) is 0 Å². The zero-order chi connectivity index (χ0) is 11.5. The average Bonchev–Trinajstić information content (AvgIpc) is 1.96. The third kappa shape index (κ3) is 4.55. The molecule has 86 valence electrons. The van der Waals surface area contributed by atoms with Gasteiger partial charge in [-0.3, -0.25) is 0 Å². The number of hydrogen-bond donors (Lipinski definition) is 1. The Bertz CT molecular complexity index is 168. The van der Waals surface area contributed by atoms with Gasteiger partial charge in [0.25, 0.3) is 0 Å². The molecule has 0 saturated heterocycles. The van der Waals surface area contributed by atoms with Crippen LogP contribution in [0.1, 0.15) is 27.7 Å². The molecule has 5 heteroatoms. The van der Waals surface area contributed by atoms with Crippen LogP contribution < -0.4 is 5.73 Å². The van der Waals surface area contributed by atoms with Gasteiger partial charge in [-0.15, -0.1) is 11.8 Å². The maximum atomic E-state index is 12.5. The summed E-state index contributed by atoms with van der Waals surface area (Å²) in [6, 6.07) is -0.860. The normalized spacial score (nSPS) is 19.5. The van der Waals surface area contributed by atoms with Crippen molar-refractivity contribution < 1.29 is 13.2 Å². The third-order valence-electron chi connectivity index (χ3n) is 2.10. The highest BCUT2D eigenvalue weighted by molar-refractivity contribution is 8.00. The number of halogens is 3. The van der Waals surface area contributed by atoms with Gasteiger partial charge in [0.15, 0.2) is 0 Å². The zero-order valence-electron chi connectivity index (χ0n) is 8.93. The Kier molecular flexibility index (Phi) is 5.30. The minimum Gasteiger partial charge on any atom is -0.327 e. The van der Waals surface area contributed by atoms with Gasteiger partial charge in [0.05, 0.1) is 0 Å². The van der Waals surface area contributed by atoms with Crippen LogP contribution in [0.25, 0.3) is 0 Å². The van der Waals surface area contributed by atoms with E-state index in [1.807, 2.05) is 13.8 Å². The van der Waals surface area contributed by atoms with Crippen molar-refractivity contribution in [3.63, 3.8) is 0 Å². The van der Waals surface area contributed by atoms with Crippen LogP contribution in [-0.2, 0) is 0 Å². The third-order valence-corrected chi connectivity index (χ3v) is 4.06. The lowest BCUT2D eigenvalue weighted by molar-refractivity contribution is -0.131. The smallest absolute Gasteiger partial charge is 0.327 e. The second-order valence-corrected chi connectivity index (χ2v) is 5.43. The van der Waals surface area contributed by atoms with Gasteiger partial charge in [0, 0.05) is 11.3 Å². The molecule has 0 aliphatic rings. The molecule has 3 atom stereocenters. The lowest BCUT2D eigenvalue weighted by Gasteiger charge is -2.27. The lowest BCUT2D eigenvalue weighted by atomic mass is 10.2. The molecule has 0 saturated carbocycles. The summed E-state index contributed by atoms with van der Waals surface area (Å²) < 4.78 is 37.5. The first-order chi connectivity index (χ1) is 6.16. The molecule has 0 bridgehead atoms. The van der Waals surface area contributed by atoms with Gasteiger partial charge in [-0.25, -0.2) is 0 Å². The molecule has 0 aliphatic heterocycles. The number of thioether (sulfide) groups is 1. The maximum absolute atomic E-state index is 12.5. The maximum Gasteiger partial charge on any atom is 0.402 e. The fourth-order valence-electron chi connectivity index (χ4n) is 0.888. The monoisotopic (exact) mass is 229 g/mol. The molecule has 0 fully saturated rings. The van der Waals surface area contributed by atoms with Crippen LogP contribution in [0.2, 0.25) is 0 Å². The zero-order valence-corrected chi connectivity index (χ0v) is 9.75. The molecule has 2 N–H and O–H groups in total. The van der Waals surface area contributed by atoms with Crippen LogP contribution >= 0.6 is 11.8 Å². The van der Waals surface area contributed by atoms with E-state index in [2.05, 4.69) is 0 Å². The first-order valence-corrected chi connectivity index (χ1v) is 5.58. The minimum atomic E-state index is -4.21. The van der Waals surface area contributed by atoms with Crippen LogP contribution in [0.5, 0.6) is 0 Å². The van der Waals surface area contributed by atoms with Gasteiger partial charge in [0.2, 0.25) is 0 Å². The second-order valence-electron chi connectivity index (χ2n) is 3.91. The minimum absolute atomic E-state index is 0.0346. The van der Waals surface area contributed by atoms with E-state index in [1.165, 1.54) is 6.92 Å². The number of nitrogens with two attached hydrogens (primary N) is 1. The standard InChI is InChI=1S/C9H18F3NS/c1-5(2)7(4)14-8(6(3)13)9(10,11)12/h5-8H,13H2,1-4H3. The fraction of sp³-hybridized carbons (Fsp3) is 1.00. The molecular formula is C9H18F3NS. The van der Waals surface area contributed by atoms with Crippen molar-refractivity contribution in [1.29, 1.82) is 0 Å². The summed E-state index contributed by atoms with van der Waals surface area (Å²) in [6.07, 6.45) is -4.21. The highest BCUT2D eigenvalue weighted by atomic mass is 32.2. The Morgan fingerprint density at radius 2 is 1.50 bits per heavy atom. The Hall–Kier alpha value is 0.100. The van der Waals surface area contributed by atoms with Crippen LogP contribution in [0.15, 0.2) is 0 Å². The van der Waals surface area contributed by atoms with E-state index in [0.29, 0.717) is 0 Å². The van der Waals surface area contributed by atoms with Crippen molar-refractivity contribution >= 4 is 11.8 Å². The molecule has 0 spiro atoms. The first kappa shape index (κ1) is 14.1. The molecule has 14 heavy (non-hydrogen) atoms. The van der Waals surface area contributed by atoms with Gasteiger partial charge >= 0.3 is 6.18 Å². The SMILES string of the molecule is CC(C)C(C)SC(C(C)N)C(F)(F)F. The van der Waals surface area contributed by atoms with E-state index in [-0.39, 0.29) is 11.2 Å². The summed E-state index contributed by atoms with van der Waals surface area (Å²) in [7, 11) is 0. The summed E-state index contributed by atoms with van der Waals surface area (Å²) in [5.74, 6) is 0.226. The predicted molar refractivity (Wildman–Crippen MR) is 55.4 cm³/mol. The van der Waals surface area contributed by atoms with E-state index in [1.54, 1.807) is 6.92 Å². The molecule has 0 aromatic rings. The number of alkyl halides is 3. The largest absolute Gasteiger partial charge is 0.402 e. The molecule has 0 aromatic carbocycles. The molecule has 3 unspecified atom stereocenters. The molecule has 0 aromatic heterocycles. The summed E-state index contributed by atoms with van der Waals surface area (Å²) in [5.41, 5.74) is 5.33. The van der Waals surface area contributed by atoms with Crippen LogP contribution in [0.3, 0.4) is 0 Å². The van der Waals surface area contributed by atoms with Crippen molar-refractivity contribution in [2.75, 3.05) is 0 Å². The number of hydrogen-bond acceptors (Lipinski definition) is 2. The van der Waals surface area contributed by atoms with Gasteiger partial charge in [-0.1, -0.05) is 20.8 Å². The van der Waals surface area contributed by atoms with E-state index in [9.17, 15) is 13.2 Å². The predicted octanol–water partition coefficient (Wildman–Crippen LogP) is 3.04. The fourth-order valence-corrected chi connectivity index (χ4v) is 2.07. The lowest BCUT2D eigenvalue weighted by Crippen LogP contribution is -2.42. The molecule has 1 nitrogen and oxygen atoms in total. The van der Waals surface area contributed by atoms with Crippen molar-refractivity contribution in [3.05, 3.63) is 0 Å². The Morgan fingerprint density at radius 1 is 1.07 bits per heavy atom. The van der Waals surface area contributed by atoms with E-state index < -0.39 is 17.5 Å². The summed E-state index contributed by atoms with van der Waals surface area (Å²) >= 11 is 0.918. The van der Waals surface area contributed by atoms with E-state index in [0.717, 1.165) is 11.8 Å². The van der Waals surface area contributed by atoms with Gasteiger partial charge in [0.1, 0.15) is 5.25 Å². The molecule has 0 aliphatic carbocycles. The second kappa shape index (κ2) is 5.26. The highest BCUT2D eigenvalue weighted by Crippen LogP contribution is 2.36. The topological polar surface area (TPSA) is 26.0 Å². The quantitative estimate of drug-likeness (QED) is 0.801. The van der Waals surface area contributed by atoms with Crippen LogP contribution in [0.4, 0.5) is 13.2 Å². The first-order valence-electron chi connectivity index (χ1n) is 4.64. The average molecular weight is 229 g/mol. The van der Waals surface area contributed by atoms with Crippen molar-refractivity contribution in [1.82, 2.24) is 0 Å².